The number of benzene rings is 2. The Labute approximate surface area is 113 Å². The van der Waals surface area contributed by atoms with Crippen molar-refractivity contribution in [2.75, 3.05) is 11.9 Å². The zero-order valence-corrected chi connectivity index (χ0v) is 10.9. The minimum atomic E-state index is 0.881. The molecule has 3 aromatic rings. The highest BCUT2D eigenvalue weighted by Gasteiger charge is 2.05. The maximum atomic E-state index is 4.73. The summed E-state index contributed by atoms with van der Waals surface area (Å²) in [6.07, 6.45) is 0. The number of rotatable bonds is 3. The fourth-order valence-electron chi connectivity index (χ4n) is 2.28. The molecule has 0 aliphatic heterocycles. The first kappa shape index (κ1) is 11.7. The van der Waals surface area contributed by atoms with Crippen LogP contribution < -0.4 is 5.32 Å². The zero-order chi connectivity index (χ0) is 13.1. The minimum Gasteiger partial charge on any atom is -0.370 e. The number of anilines is 1. The van der Waals surface area contributed by atoms with E-state index in [1.54, 1.807) is 0 Å². The molecule has 19 heavy (non-hydrogen) atoms. The summed E-state index contributed by atoms with van der Waals surface area (Å²) >= 11 is 0. The van der Waals surface area contributed by atoms with Crippen molar-refractivity contribution in [3.63, 3.8) is 0 Å². The average Bonchev–Trinajstić information content (AvgIpc) is 2.48. The number of nitrogens with one attached hydrogen (secondary N) is 1. The van der Waals surface area contributed by atoms with E-state index in [0.717, 1.165) is 17.9 Å². The van der Waals surface area contributed by atoms with Crippen LogP contribution in [0.25, 0.3) is 22.0 Å². The molecule has 0 aliphatic carbocycles. The fourth-order valence-corrected chi connectivity index (χ4v) is 2.28. The molecule has 0 spiro atoms. The molecule has 2 aromatic carbocycles. The van der Waals surface area contributed by atoms with Crippen molar-refractivity contribution in [1.29, 1.82) is 0 Å². The highest BCUT2D eigenvalue weighted by Crippen LogP contribution is 2.27. The minimum absolute atomic E-state index is 0.881. The van der Waals surface area contributed by atoms with Crippen molar-refractivity contribution < 1.29 is 0 Å². The SMILES string of the molecule is CCNc1ccc2cccc(-c3ccccc3)c2n1. The Morgan fingerprint density at radius 2 is 1.74 bits per heavy atom. The molecule has 1 heterocycles. The number of hydrogen-bond donors (Lipinski definition) is 1. The van der Waals surface area contributed by atoms with Gasteiger partial charge in [-0.2, -0.15) is 0 Å². The van der Waals surface area contributed by atoms with Crippen molar-refractivity contribution in [1.82, 2.24) is 4.98 Å². The number of nitrogens with zero attached hydrogens (tertiary/aromatic N) is 1. The van der Waals surface area contributed by atoms with Gasteiger partial charge in [-0.25, -0.2) is 4.98 Å². The molecule has 0 unspecified atom stereocenters. The van der Waals surface area contributed by atoms with Crippen LogP contribution in [-0.2, 0) is 0 Å². The van der Waals surface area contributed by atoms with E-state index >= 15 is 0 Å². The summed E-state index contributed by atoms with van der Waals surface area (Å²) in [5.74, 6) is 0.929. The fraction of sp³-hybridized carbons (Fsp3) is 0.118. The Kier molecular flexibility index (Phi) is 3.15. The predicted octanol–water partition coefficient (Wildman–Crippen LogP) is 4.33. The first-order chi connectivity index (χ1) is 9.38. The quantitative estimate of drug-likeness (QED) is 0.746. The van der Waals surface area contributed by atoms with E-state index in [1.165, 1.54) is 16.5 Å². The summed E-state index contributed by atoms with van der Waals surface area (Å²) in [5.41, 5.74) is 3.43. The molecular formula is C17H16N2. The molecule has 1 N–H and O–H groups in total. The third-order valence-corrected chi connectivity index (χ3v) is 3.16. The van der Waals surface area contributed by atoms with Gasteiger partial charge in [0, 0.05) is 17.5 Å². The van der Waals surface area contributed by atoms with Gasteiger partial charge in [-0.3, -0.25) is 0 Å². The molecule has 0 bridgehead atoms. The molecule has 0 saturated carbocycles. The molecule has 0 saturated heterocycles. The van der Waals surface area contributed by atoms with Crippen LogP contribution >= 0.6 is 0 Å². The smallest absolute Gasteiger partial charge is 0.126 e. The predicted molar refractivity (Wildman–Crippen MR) is 81.3 cm³/mol. The van der Waals surface area contributed by atoms with Crippen molar-refractivity contribution in [3.05, 3.63) is 60.7 Å². The van der Waals surface area contributed by atoms with Crippen LogP contribution in [0.1, 0.15) is 6.92 Å². The van der Waals surface area contributed by atoms with E-state index in [1.807, 2.05) is 12.1 Å². The van der Waals surface area contributed by atoms with Crippen molar-refractivity contribution in [2.45, 2.75) is 6.92 Å². The molecule has 0 aliphatic rings. The molecule has 2 heteroatoms. The van der Waals surface area contributed by atoms with E-state index in [4.69, 9.17) is 4.98 Å². The largest absolute Gasteiger partial charge is 0.370 e. The van der Waals surface area contributed by atoms with Crippen LogP contribution in [0.5, 0.6) is 0 Å². The first-order valence-electron chi connectivity index (χ1n) is 6.57. The molecule has 0 amide bonds. The third kappa shape index (κ3) is 2.29. The number of para-hydroxylation sites is 1. The van der Waals surface area contributed by atoms with Gasteiger partial charge < -0.3 is 5.32 Å². The summed E-state index contributed by atoms with van der Waals surface area (Å²) in [7, 11) is 0. The Bertz CT molecular complexity index is 690. The van der Waals surface area contributed by atoms with Gasteiger partial charge in [0.1, 0.15) is 5.82 Å². The van der Waals surface area contributed by atoms with Gasteiger partial charge in [-0.15, -0.1) is 0 Å². The second-order valence-corrected chi connectivity index (χ2v) is 4.47. The van der Waals surface area contributed by atoms with Crippen LogP contribution in [0.2, 0.25) is 0 Å². The maximum Gasteiger partial charge on any atom is 0.126 e. The Morgan fingerprint density at radius 3 is 2.53 bits per heavy atom. The number of aromatic nitrogens is 1. The first-order valence-corrected chi connectivity index (χ1v) is 6.57. The molecule has 0 radical (unpaired) electrons. The van der Waals surface area contributed by atoms with E-state index in [9.17, 15) is 0 Å². The molecular weight excluding hydrogens is 232 g/mol. The summed E-state index contributed by atoms with van der Waals surface area (Å²) in [6.45, 7) is 2.96. The zero-order valence-electron chi connectivity index (χ0n) is 10.9. The Hall–Kier alpha value is -2.35. The summed E-state index contributed by atoms with van der Waals surface area (Å²) in [6, 6.07) is 20.8. The van der Waals surface area contributed by atoms with Crippen LogP contribution in [0.15, 0.2) is 60.7 Å². The standard InChI is InChI=1S/C17H16N2/c1-2-18-16-12-11-14-9-6-10-15(17(14)19-16)13-7-4-3-5-8-13/h3-12H,2H2,1H3,(H,18,19). The van der Waals surface area contributed by atoms with Crippen LogP contribution in [0.3, 0.4) is 0 Å². The molecule has 0 fully saturated rings. The van der Waals surface area contributed by atoms with Gasteiger partial charge in [0.2, 0.25) is 0 Å². The maximum absolute atomic E-state index is 4.73. The van der Waals surface area contributed by atoms with Crippen molar-refractivity contribution in [2.24, 2.45) is 0 Å². The van der Waals surface area contributed by atoms with Gasteiger partial charge >= 0.3 is 0 Å². The normalized spacial score (nSPS) is 10.6. The molecule has 1 aromatic heterocycles. The second-order valence-electron chi connectivity index (χ2n) is 4.47. The monoisotopic (exact) mass is 248 g/mol. The lowest BCUT2D eigenvalue weighted by Gasteiger charge is -2.08. The van der Waals surface area contributed by atoms with E-state index < -0.39 is 0 Å². The lowest BCUT2D eigenvalue weighted by molar-refractivity contribution is 1.17. The van der Waals surface area contributed by atoms with Gasteiger partial charge in [0.15, 0.2) is 0 Å². The van der Waals surface area contributed by atoms with Crippen LogP contribution in [0.4, 0.5) is 5.82 Å². The van der Waals surface area contributed by atoms with Crippen LogP contribution in [0, 0.1) is 0 Å². The number of hydrogen-bond acceptors (Lipinski definition) is 2. The highest BCUT2D eigenvalue weighted by molar-refractivity contribution is 5.94. The highest BCUT2D eigenvalue weighted by atomic mass is 15.0. The Morgan fingerprint density at radius 1 is 0.895 bits per heavy atom. The van der Waals surface area contributed by atoms with E-state index in [0.29, 0.717) is 0 Å². The van der Waals surface area contributed by atoms with Gasteiger partial charge in [0.05, 0.1) is 5.52 Å². The van der Waals surface area contributed by atoms with Crippen LogP contribution in [-0.4, -0.2) is 11.5 Å². The van der Waals surface area contributed by atoms with Crippen molar-refractivity contribution >= 4 is 16.7 Å². The number of pyridine rings is 1. The second kappa shape index (κ2) is 5.11. The molecule has 0 atom stereocenters. The average molecular weight is 248 g/mol. The lowest BCUT2D eigenvalue weighted by atomic mass is 10.0. The lowest BCUT2D eigenvalue weighted by Crippen LogP contribution is -1.99. The van der Waals surface area contributed by atoms with Gasteiger partial charge in [-0.05, 0) is 24.6 Å². The van der Waals surface area contributed by atoms with E-state index in [2.05, 4.69) is 60.8 Å². The third-order valence-electron chi connectivity index (χ3n) is 3.16. The Balaban J connectivity index is 2.21. The summed E-state index contributed by atoms with van der Waals surface area (Å²) in [5, 5.41) is 4.44. The molecule has 2 nitrogen and oxygen atoms in total. The summed E-state index contributed by atoms with van der Waals surface area (Å²) in [4.78, 5) is 4.73. The van der Waals surface area contributed by atoms with Gasteiger partial charge in [-0.1, -0.05) is 48.5 Å². The number of fused-ring (bicyclic) bond motifs is 1. The van der Waals surface area contributed by atoms with E-state index in [-0.39, 0.29) is 0 Å². The summed E-state index contributed by atoms with van der Waals surface area (Å²) < 4.78 is 0. The van der Waals surface area contributed by atoms with Gasteiger partial charge in [0.25, 0.3) is 0 Å². The molecule has 3 rings (SSSR count). The molecule has 94 valence electrons. The van der Waals surface area contributed by atoms with Crippen molar-refractivity contribution in [3.8, 4) is 11.1 Å². The topological polar surface area (TPSA) is 24.9 Å².